The molecule has 2 fully saturated rings. The molecular weight excluding hydrogens is 250 g/mol. The smallest absolute Gasteiger partial charge is 0.136 e. The summed E-state index contributed by atoms with van der Waals surface area (Å²) < 4.78 is 0. The van der Waals surface area contributed by atoms with E-state index in [0.29, 0.717) is 17.7 Å². The predicted octanol–water partition coefficient (Wildman–Crippen LogP) is 2.00. The average Bonchev–Trinajstić information content (AvgIpc) is 3.25. The molecule has 110 valence electrons. The van der Waals surface area contributed by atoms with Gasteiger partial charge in [-0.3, -0.25) is 0 Å². The van der Waals surface area contributed by atoms with Crippen molar-refractivity contribution >= 4 is 11.6 Å². The molecule has 0 spiro atoms. The zero-order valence-corrected chi connectivity index (χ0v) is 12.5. The van der Waals surface area contributed by atoms with Crippen LogP contribution in [0.5, 0.6) is 0 Å². The molecule has 0 aromatic carbocycles. The van der Waals surface area contributed by atoms with Crippen LogP contribution in [-0.2, 0) is 0 Å². The van der Waals surface area contributed by atoms with E-state index in [9.17, 15) is 0 Å². The number of likely N-dealkylation sites (tertiary alicyclic amines) is 1. The Morgan fingerprint density at radius 2 is 2.10 bits per heavy atom. The van der Waals surface area contributed by atoms with E-state index >= 15 is 0 Å². The Hall–Kier alpha value is -1.36. The second kappa shape index (κ2) is 5.56. The summed E-state index contributed by atoms with van der Waals surface area (Å²) in [4.78, 5) is 11.5. The Kier molecular flexibility index (Phi) is 3.78. The molecule has 1 aliphatic carbocycles. The number of nitrogens with zero attached hydrogens (tertiary/aromatic N) is 3. The molecule has 0 radical (unpaired) electrons. The lowest BCUT2D eigenvalue weighted by molar-refractivity contribution is 0.217. The first-order chi connectivity index (χ1) is 9.63. The van der Waals surface area contributed by atoms with Crippen molar-refractivity contribution in [3.63, 3.8) is 0 Å². The minimum Gasteiger partial charge on any atom is -0.383 e. The highest BCUT2D eigenvalue weighted by Crippen LogP contribution is 2.39. The van der Waals surface area contributed by atoms with Gasteiger partial charge >= 0.3 is 0 Å². The minimum atomic E-state index is 0.541. The summed E-state index contributed by atoms with van der Waals surface area (Å²) in [7, 11) is 2.20. The molecule has 1 aliphatic heterocycles. The van der Waals surface area contributed by atoms with E-state index in [4.69, 9.17) is 5.73 Å². The lowest BCUT2D eigenvalue weighted by Crippen LogP contribution is -2.35. The second-order valence-corrected chi connectivity index (χ2v) is 6.37. The molecular formula is C15H25N5. The fraction of sp³-hybridized carbons (Fsp3) is 0.733. The number of nitrogens with one attached hydrogen (secondary N) is 1. The number of aromatic nitrogens is 2. The SMILES string of the molecule is Cc1c(N)nc(C2CC2)nc1NCC1CCCN(C)C1. The molecule has 0 amide bonds. The maximum atomic E-state index is 6.02. The van der Waals surface area contributed by atoms with Crippen LogP contribution in [0.15, 0.2) is 0 Å². The first-order valence-corrected chi connectivity index (χ1v) is 7.70. The van der Waals surface area contributed by atoms with Crippen LogP contribution < -0.4 is 11.1 Å². The van der Waals surface area contributed by atoms with Gasteiger partial charge in [0.2, 0.25) is 0 Å². The van der Waals surface area contributed by atoms with Crippen LogP contribution in [0, 0.1) is 12.8 Å². The summed E-state index contributed by atoms with van der Waals surface area (Å²) in [6, 6.07) is 0. The minimum absolute atomic E-state index is 0.541. The van der Waals surface area contributed by atoms with Crippen molar-refractivity contribution < 1.29 is 0 Å². The Bertz CT molecular complexity index is 483. The number of anilines is 2. The highest BCUT2D eigenvalue weighted by Gasteiger charge is 2.28. The summed E-state index contributed by atoms with van der Waals surface area (Å²) in [5.41, 5.74) is 7.00. The Morgan fingerprint density at radius 1 is 1.30 bits per heavy atom. The topological polar surface area (TPSA) is 67.1 Å². The van der Waals surface area contributed by atoms with Crippen LogP contribution in [-0.4, -0.2) is 41.5 Å². The number of hydrogen-bond acceptors (Lipinski definition) is 5. The molecule has 2 aliphatic rings. The number of hydrogen-bond donors (Lipinski definition) is 2. The number of rotatable bonds is 4. The molecule has 1 aromatic rings. The van der Waals surface area contributed by atoms with Crippen LogP contribution >= 0.6 is 0 Å². The second-order valence-electron chi connectivity index (χ2n) is 6.37. The van der Waals surface area contributed by atoms with Crippen molar-refractivity contribution in [3.8, 4) is 0 Å². The van der Waals surface area contributed by atoms with E-state index in [1.807, 2.05) is 6.92 Å². The maximum absolute atomic E-state index is 6.02. The van der Waals surface area contributed by atoms with Crippen LogP contribution in [0.4, 0.5) is 11.6 Å². The van der Waals surface area contributed by atoms with E-state index in [0.717, 1.165) is 23.8 Å². The van der Waals surface area contributed by atoms with Crippen LogP contribution in [0.1, 0.15) is 43.0 Å². The zero-order valence-electron chi connectivity index (χ0n) is 12.5. The van der Waals surface area contributed by atoms with Gasteiger partial charge in [0.05, 0.1) is 0 Å². The molecule has 1 unspecified atom stereocenters. The molecule has 20 heavy (non-hydrogen) atoms. The quantitative estimate of drug-likeness (QED) is 0.879. The molecule has 1 saturated carbocycles. The van der Waals surface area contributed by atoms with E-state index in [-0.39, 0.29) is 0 Å². The van der Waals surface area contributed by atoms with Gasteiger partial charge in [-0.1, -0.05) is 0 Å². The standard InChI is InChI=1S/C15H25N5/c1-10-13(16)18-15(12-5-6-12)19-14(10)17-8-11-4-3-7-20(2)9-11/h11-12H,3-9H2,1-2H3,(H3,16,17,18,19). The van der Waals surface area contributed by atoms with Gasteiger partial charge in [0.25, 0.3) is 0 Å². The molecule has 3 N–H and O–H groups in total. The normalized spacial score (nSPS) is 23.8. The average molecular weight is 275 g/mol. The van der Waals surface area contributed by atoms with E-state index in [1.165, 1.54) is 38.8 Å². The maximum Gasteiger partial charge on any atom is 0.136 e. The summed E-state index contributed by atoms with van der Waals surface area (Å²) in [5.74, 6) is 3.74. The zero-order chi connectivity index (χ0) is 14.1. The first-order valence-electron chi connectivity index (χ1n) is 7.70. The highest BCUT2D eigenvalue weighted by atomic mass is 15.1. The Labute approximate surface area is 121 Å². The van der Waals surface area contributed by atoms with E-state index in [2.05, 4.69) is 27.2 Å². The largest absolute Gasteiger partial charge is 0.383 e. The predicted molar refractivity (Wildman–Crippen MR) is 81.9 cm³/mol. The summed E-state index contributed by atoms with van der Waals surface area (Å²) in [6.07, 6.45) is 5.00. The van der Waals surface area contributed by atoms with Gasteiger partial charge in [-0.25, -0.2) is 9.97 Å². The summed E-state index contributed by atoms with van der Waals surface area (Å²) in [5, 5.41) is 3.51. The molecule has 0 bridgehead atoms. The lowest BCUT2D eigenvalue weighted by Gasteiger charge is -2.30. The van der Waals surface area contributed by atoms with Gasteiger partial charge in [0, 0.05) is 24.6 Å². The molecule has 3 rings (SSSR count). The van der Waals surface area contributed by atoms with Gasteiger partial charge in [-0.15, -0.1) is 0 Å². The molecule has 5 heteroatoms. The molecule has 2 heterocycles. The van der Waals surface area contributed by atoms with Gasteiger partial charge in [-0.2, -0.15) is 0 Å². The van der Waals surface area contributed by atoms with E-state index < -0.39 is 0 Å². The first kappa shape index (κ1) is 13.6. The van der Waals surface area contributed by atoms with Crippen LogP contribution in [0.2, 0.25) is 0 Å². The van der Waals surface area contributed by atoms with Crippen LogP contribution in [0.3, 0.4) is 0 Å². The summed E-state index contributed by atoms with van der Waals surface area (Å²) >= 11 is 0. The third kappa shape index (κ3) is 3.03. The van der Waals surface area contributed by atoms with Gasteiger partial charge in [-0.05, 0) is 52.1 Å². The van der Waals surface area contributed by atoms with Crippen molar-refractivity contribution in [1.29, 1.82) is 0 Å². The van der Waals surface area contributed by atoms with Crippen molar-refractivity contribution in [1.82, 2.24) is 14.9 Å². The number of piperidine rings is 1. The highest BCUT2D eigenvalue weighted by molar-refractivity contribution is 5.55. The van der Waals surface area contributed by atoms with Crippen molar-refractivity contribution in [3.05, 3.63) is 11.4 Å². The monoisotopic (exact) mass is 275 g/mol. The van der Waals surface area contributed by atoms with Crippen LogP contribution in [0.25, 0.3) is 0 Å². The fourth-order valence-electron chi connectivity index (χ4n) is 2.93. The number of nitrogens with two attached hydrogens (primary N) is 1. The third-order valence-corrected chi connectivity index (χ3v) is 4.42. The van der Waals surface area contributed by atoms with Crippen molar-refractivity contribution in [2.24, 2.45) is 5.92 Å². The van der Waals surface area contributed by atoms with Gasteiger partial charge in [0.15, 0.2) is 0 Å². The third-order valence-electron chi connectivity index (χ3n) is 4.42. The summed E-state index contributed by atoms with van der Waals surface area (Å²) in [6.45, 7) is 5.37. The lowest BCUT2D eigenvalue weighted by atomic mass is 9.98. The van der Waals surface area contributed by atoms with Gasteiger partial charge < -0.3 is 16.0 Å². The number of nitrogen functional groups attached to an aromatic ring is 1. The molecule has 1 saturated heterocycles. The molecule has 1 atom stereocenters. The Balaban J connectivity index is 1.66. The Morgan fingerprint density at radius 3 is 2.80 bits per heavy atom. The van der Waals surface area contributed by atoms with Crippen molar-refractivity contribution in [2.45, 2.75) is 38.5 Å². The van der Waals surface area contributed by atoms with Crippen molar-refractivity contribution in [2.75, 3.05) is 37.7 Å². The fourth-order valence-corrected chi connectivity index (χ4v) is 2.93. The molecule has 5 nitrogen and oxygen atoms in total. The molecule has 1 aromatic heterocycles. The van der Waals surface area contributed by atoms with E-state index in [1.54, 1.807) is 0 Å². The van der Waals surface area contributed by atoms with Gasteiger partial charge in [0.1, 0.15) is 17.5 Å².